The number of nitrogens with one attached hydrogen (secondary N) is 1. The molecular weight excluding hydrogens is 269 g/mol. The molecule has 0 radical (unpaired) electrons. The molecular formula is C15H14FN5. The molecule has 0 aliphatic rings. The van der Waals surface area contributed by atoms with Crippen molar-refractivity contribution >= 4 is 5.69 Å². The predicted molar refractivity (Wildman–Crippen MR) is 77.6 cm³/mol. The maximum Gasteiger partial charge on any atom is 0.146 e. The standard InChI is InChI=1S/C15H14FN5/c1-11(18-15-8-3-2-7-14(15)16)12-5-4-6-13(9-12)21-10-17-19-20-21/h2-11,18H,1H3. The zero-order valence-electron chi connectivity index (χ0n) is 11.4. The molecule has 0 aliphatic heterocycles. The number of rotatable bonds is 4. The van der Waals surface area contributed by atoms with Crippen LogP contribution in [0.4, 0.5) is 10.1 Å². The Bertz CT molecular complexity index is 726. The third-order valence-corrected chi connectivity index (χ3v) is 3.23. The van der Waals surface area contributed by atoms with Gasteiger partial charge in [0.25, 0.3) is 0 Å². The second kappa shape index (κ2) is 5.70. The van der Waals surface area contributed by atoms with Crippen molar-refractivity contribution in [2.24, 2.45) is 0 Å². The van der Waals surface area contributed by atoms with E-state index < -0.39 is 0 Å². The van der Waals surface area contributed by atoms with Crippen LogP contribution in [0.15, 0.2) is 54.9 Å². The molecule has 0 fully saturated rings. The highest BCUT2D eigenvalue weighted by Crippen LogP contribution is 2.22. The van der Waals surface area contributed by atoms with Gasteiger partial charge in [-0.1, -0.05) is 24.3 Å². The second-order valence-corrected chi connectivity index (χ2v) is 4.70. The van der Waals surface area contributed by atoms with E-state index in [4.69, 9.17) is 0 Å². The van der Waals surface area contributed by atoms with Crippen LogP contribution >= 0.6 is 0 Å². The molecule has 6 heteroatoms. The van der Waals surface area contributed by atoms with Gasteiger partial charge in [-0.2, -0.15) is 0 Å². The van der Waals surface area contributed by atoms with Crippen LogP contribution in [0.25, 0.3) is 5.69 Å². The average molecular weight is 283 g/mol. The minimum Gasteiger partial charge on any atom is -0.376 e. The Kier molecular flexibility index (Phi) is 3.59. The van der Waals surface area contributed by atoms with Gasteiger partial charge in [-0.25, -0.2) is 9.07 Å². The number of tetrazole rings is 1. The molecule has 1 aromatic heterocycles. The van der Waals surface area contributed by atoms with Gasteiger partial charge in [-0.05, 0) is 47.2 Å². The van der Waals surface area contributed by atoms with Crippen molar-refractivity contribution in [3.05, 3.63) is 66.2 Å². The maximum atomic E-state index is 13.7. The van der Waals surface area contributed by atoms with Gasteiger partial charge >= 0.3 is 0 Å². The molecule has 21 heavy (non-hydrogen) atoms. The molecule has 2 aromatic carbocycles. The first-order valence-corrected chi connectivity index (χ1v) is 6.58. The minimum atomic E-state index is -0.263. The van der Waals surface area contributed by atoms with Crippen LogP contribution in [0.2, 0.25) is 0 Å². The monoisotopic (exact) mass is 283 g/mol. The summed E-state index contributed by atoms with van der Waals surface area (Å²) < 4.78 is 15.3. The fourth-order valence-electron chi connectivity index (χ4n) is 2.11. The van der Waals surface area contributed by atoms with Gasteiger partial charge in [0.2, 0.25) is 0 Å². The van der Waals surface area contributed by atoms with Gasteiger partial charge in [-0.3, -0.25) is 0 Å². The molecule has 0 amide bonds. The summed E-state index contributed by atoms with van der Waals surface area (Å²) in [6.07, 6.45) is 1.54. The number of aromatic nitrogens is 4. The number of nitrogens with zero attached hydrogens (tertiary/aromatic N) is 4. The van der Waals surface area contributed by atoms with E-state index in [9.17, 15) is 4.39 Å². The van der Waals surface area contributed by atoms with Crippen LogP contribution in [-0.2, 0) is 0 Å². The molecule has 1 heterocycles. The summed E-state index contributed by atoms with van der Waals surface area (Å²) in [4.78, 5) is 0. The number of hydrogen-bond acceptors (Lipinski definition) is 4. The van der Waals surface area contributed by atoms with Crippen molar-refractivity contribution in [2.45, 2.75) is 13.0 Å². The zero-order chi connectivity index (χ0) is 14.7. The Hall–Kier alpha value is -2.76. The van der Waals surface area contributed by atoms with E-state index in [0.29, 0.717) is 5.69 Å². The minimum absolute atomic E-state index is 0.0432. The van der Waals surface area contributed by atoms with Crippen LogP contribution in [0.3, 0.4) is 0 Å². The molecule has 0 aliphatic carbocycles. The van der Waals surface area contributed by atoms with Crippen molar-refractivity contribution < 1.29 is 4.39 Å². The highest BCUT2D eigenvalue weighted by molar-refractivity contribution is 5.47. The third-order valence-electron chi connectivity index (χ3n) is 3.23. The highest BCUT2D eigenvalue weighted by Gasteiger charge is 2.09. The van der Waals surface area contributed by atoms with Crippen molar-refractivity contribution in [1.29, 1.82) is 0 Å². The number of hydrogen-bond donors (Lipinski definition) is 1. The van der Waals surface area contributed by atoms with Crippen LogP contribution in [0.1, 0.15) is 18.5 Å². The largest absolute Gasteiger partial charge is 0.376 e. The van der Waals surface area contributed by atoms with Crippen molar-refractivity contribution in [3.63, 3.8) is 0 Å². The molecule has 0 saturated carbocycles. The third kappa shape index (κ3) is 2.89. The van der Waals surface area contributed by atoms with E-state index in [1.54, 1.807) is 22.9 Å². The topological polar surface area (TPSA) is 55.6 Å². The molecule has 0 saturated heterocycles. The highest BCUT2D eigenvalue weighted by atomic mass is 19.1. The zero-order valence-corrected chi connectivity index (χ0v) is 11.4. The molecule has 1 N–H and O–H groups in total. The number of halogens is 1. The average Bonchev–Trinajstić information content (AvgIpc) is 3.04. The van der Waals surface area contributed by atoms with E-state index in [-0.39, 0.29) is 11.9 Å². The van der Waals surface area contributed by atoms with Crippen LogP contribution < -0.4 is 5.32 Å². The lowest BCUT2D eigenvalue weighted by molar-refractivity contribution is 0.627. The Morgan fingerprint density at radius 3 is 2.76 bits per heavy atom. The molecule has 3 rings (SSSR count). The van der Waals surface area contributed by atoms with Crippen LogP contribution in [0.5, 0.6) is 0 Å². The first kappa shape index (κ1) is 13.2. The SMILES string of the molecule is CC(Nc1ccccc1F)c1cccc(-n2cnnn2)c1. The van der Waals surface area contributed by atoms with Gasteiger partial charge in [0.1, 0.15) is 12.1 Å². The molecule has 106 valence electrons. The Labute approximate surface area is 121 Å². The van der Waals surface area contributed by atoms with Crippen LogP contribution in [-0.4, -0.2) is 20.2 Å². The normalized spacial score (nSPS) is 12.1. The Balaban J connectivity index is 1.84. The number of anilines is 1. The summed E-state index contributed by atoms with van der Waals surface area (Å²) in [5.41, 5.74) is 2.36. The van der Waals surface area contributed by atoms with Crippen molar-refractivity contribution in [2.75, 3.05) is 5.32 Å². The second-order valence-electron chi connectivity index (χ2n) is 4.70. The summed E-state index contributed by atoms with van der Waals surface area (Å²) in [7, 11) is 0. The van der Waals surface area contributed by atoms with Crippen molar-refractivity contribution in [1.82, 2.24) is 20.2 Å². The van der Waals surface area contributed by atoms with E-state index in [2.05, 4.69) is 20.8 Å². The van der Waals surface area contributed by atoms with E-state index in [0.717, 1.165) is 11.3 Å². The van der Waals surface area contributed by atoms with E-state index in [1.165, 1.54) is 12.4 Å². The van der Waals surface area contributed by atoms with E-state index in [1.807, 2.05) is 31.2 Å². The number of para-hydroxylation sites is 1. The van der Waals surface area contributed by atoms with Crippen molar-refractivity contribution in [3.8, 4) is 5.69 Å². The summed E-state index contributed by atoms with van der Waals surface area (Å²) in [6.45, 7) is 1.98. The predicted octanol–water partition coefficient (Wildman–Crippen LogP) is 2.97. The number of benzene rings is 2. The van der Waals surface area contributed by atoms with E-state index >= 15 is 0 Å². The van der Waals surface area contributed by atoms with Crippen LogP contribution in [0, 0.1) is 5.82 Å². The summed E-state index contributed by atoms with van der Waals surface area (Å²) in [5, 5.41) is 14.3. The van der Waals surface area contributed by atoms with Gasteiger partial charge in [0.05, 0.1) is 11.4 Å². The fraction of sp³-hybridized carbons (Fsp3) is 0.133. The molecule has 0 bridgehead atoms. The quantitative estimate of drug-likeness (QED) is 0.799. The molecule has 1 unspecified atom stereocenters. The Morgan fingerprint density at radius 1 is 1.14 bits per heavy atom. The fourth-order valence-corrected chi connectivity index (χ4v) is 2.11. The molecule has 0 spiro atoms. The molecule has 3 aromatic rings. The van der Waals surface area contributed by atoms with Gasteiger partial charge < -0.3 is 5.32 Å². The summed E-state index contributed by atoms with van der Waals surface area (Å²) >= 11 is 0. The Morgan fingerprint density at radius 2 is 2.00 bits per heavy atom. The first-order chi connectivity index (χ1) is 10.2. The van der Waals surface area contributed by atoms with Gasteiger partial charge in [-0.15, -0.1) is 5.10 Å². The summed E-state index contributed by atoms with van der Waals surface area (Å²) in [5.74, 6) is -0.263. The van der Waals surface area contributed by atoms with Gasteiger partial charge in [0, 0.05) is 6.04 Å². The summed E-state index contributed by atoms with van der Waals surface area (Å²) in [6, 6.07) is 14.4. The lowest BCUT2D eigenvalue weighted by atomic mass is 10.1. The maximum absolute atomic E-state index is 13.7. The van der Waals surface area contributed by atoms with Gasteiger partial charge in [0.15, 0.2) is 0 Å². The lowest BCUT2D eigenvalue weighted by Gasteiger charge is -2.17. The lowest BCUT2D eigenvalue weighted by Crippen LogP contribution is -2.08. The smallest absolute Gasteiger partial charge is 0.146 e. The molecule has 5 nitrogen and oxygen atoms in total. The first-order valence-electron chi connectivity index (χ1n) is 6.58. The molecule has 1 atom stereocenters.